The lowest BCUT2D eigenvalue weighted by atomic mass is 10.1. The van der Waals surface area contributed by atoms with Crippen LogP contribution in [0.5, 0.6) is 5.75 Å². The molecule has 0 unspecified atom stereocenters. The highest BCUT2D eigenvalue weighted by Crippen LogP contribution is 2.38. The summed E-state index contributed by atoms with van der Waals surface area (Å²) in [6, 6.07) is 6.85. The van der Waals surface area contributed by atoms with Crippen molar-refractivity contribution in [2.45, 2.75) is 17.6 Å². The van der Waals surface area contributed by atoms with Crippen LogP contribution in [0.1, 0.15) is 27.2 Å². The summed E-state index contributed by atoms with van der Waals surface area (Å²) in [4.78, 5) is 16.0. The van der Waals surface area contributed by atoms with Gasteiger partial charge in [-0.15, -0.1) is 0 Å². The lowest BCUT2D eigenvalue weighted by Gasteiger charge is -2.10. The van der Waals surface area contributed by atoms with E-state index >= 15 is 0 Å². The molecular weight excluding hydrogens is 318 g/mol. The number of carboxylic acids is 1. The molecule has 0 aliphatic carbocycles. The fourth-order valence-electron chi connectivity index (χ4n) is 1.86. The van der Waals surface area contributed by atoms with Crippen LogP contribution in [0.3, 0.4) is 0 Å². The Balaban J connectivity index is 2.14. The molecule has 0 bridgehead atoms. The molecule has 1 heterocycles. The second-order valence-electron chi connectivity index (χ2n) is 4.48. The highest BCUT2D eigenvalue weighted by molar-refractivity contribution is 8.76. The number of aromatic nitrogens is 1. The third-order valence-electron chi connectivity index (χ3n) is 3.06. The first kappa shape index (κ1) is 16.5. The molecule has 0 fully saturated rings. The molecule has 0 aliphatic rings. The van der Waals surface area contributed by atoms with Crippen molar-refractivity contribution in [3.63, 3.8) is 0 Å². The Morgan fingerprint density at radius 1 is 1.41 bits per heavy atom. The molecule has 2 N–H and O–H groups in total. The summed E-state index contributed by atoms with van der Waals surface area (Å²) in [5, 5.41) is 19.3. The maximum Gasteiger partial charge on any atom is 0.336 e. The van der Waals surface area contributed by atoms with Crippen molar-refractivity contribution in [1.82, 2.24) is 4.98 Å². The van der Waals surface area contributed by atoms with Crippen molar-refractivity contribution in [1.29, 1.82) is 0 Å². The molecule has 0 saturated carbocycles. The molecule has 0 radical (unpaired) electrons. The van der Waals surface area contributed by atoms with E-state index in [0.717, 1.165) is 11.1 Å². The Hall–Kier alpha value is -1.92. The molecule has 0 atom stereocenters. The molecule has 1 aromatic heterocycles. The van der Waals surface area contributed by atoms with Gasteiger partial charge in [0, 0.05) is 22.4 Å². The molecule has 114 valence electrons. The third kappa shape index (κ3) is 3.64. The Labute approximate surface area is 136 Å². The van der Waals surface area contributed by atoms with Crippen molar-refractivity contribution in [2.24, 2.45) is 0 Å². The summed E-state index contributed by atoms with van der Waals surface area (Å²) < 4.78 is 0. The summed E-state index contributed by atoms with van der Waals surface area (Å²) in [5.74, 6) is -0.259. The smallest absolute Gasteiger partial charge is 0.336 e. The van der Waals surface area contributed by atoms with E-state index in [2.05, 4.69) is 11.6 Å². The molecule has 2 aromatic rings. The van der Waals surface area contributed by atoms with E-state index in [9.17, 15) is 9.90 Å². The highest BCUT2D eigenvalue weighted by atomic mass is 33.1. The van der Waals surface area contributed by atoms with Crippen LogP contribution >= 0.6 is 21.6 Å². The van der Waals surface area contributed by atoms with Crippen LogP contribution < -0.4 is 0 Å². The van der Waals surface area contributed by atoms with Gasteiger partial charge in [0.2, 0.25) is 0 Å². The van der Waals surface area contributed by atoms with Gasteiger partial charge in [-0.25, -0.2) is 4.79 Å². The zero-order valence-electron chi connectivity index (χ0n) is 11.9. The number of rotatable bonds is 6. The minimum Gasteiger partial charge on any atom is -0.506 e. The van der Waals surface area contributed by atoms with Gasteiger partial charge >= 0.3 is 5.97 Å². The maximum absolute atomic E-state index is 11.2. The van der Waals surface area contributed by atoms with Crippen molar-refractivity contribution in [3.8, 4) is 5.75 Å². The largest absolute Gasteiger partial charge is 0.506 e. The monoisotopic (exact) mass is 333 g/mol. The number of nitrogens with zero attached hydrogens (tertiary/aromatic N) is 1. The van der Waals surface area contributed by atoms with Crippen LogP contribution in [0, 0.1) is 6.92 Å². The SMILES string of the molecule is C=Cc1cnc(C)c(O)c1CSSc1ccccc1C(=O)O. The van der Waals surface area contributed by atoms with Gasteiger partial charge in [-0.05, 0) is 24.6 Å². The number of aromatic hydroxyl groups is 1. The molecule has 2 rings (SSSR count). The lowest BCUT2D eigenvalue weighted by Crippen LogP contribution is -1.97. The number of pyridine rings is 1. The van der Waals surface area contributed by atoms with E-state index in [0.29, 0.717) is 16.3 Å². The third-order valence-corrected chi connectivity index (χ3v) is 5.37. The first-order chi connectivity index (χ1) is 10.5. The number of carboxylic acid groups (broad SMARTS) is 1. The number of benzene rings is 1. The zero-order valence-corrected chi connectivity index (χ0v) is 13.6. The van der Waals surface area contributed by atoms with E-state index in [1.54, 1.807) is 43.5 Å². The summed E-state index contributed by atoms with van der Waals surface area (Å²) in [6.45, 7) is 5.46. The molecule has 4 nitrogen and oxygen atoms in total. The fourth-order valence-corrected chi connectivity index (χ4v) is 4.19. The second-order valence-corrected chi connectivity index (χ2v) is 6.82. The van der Waals surface area contributed by atoms with Gasteiger partial charge < -0.3 is 10.2 Å². The number of hydrogen-bond acceptors (Lipinski definition) is 5. The van der Waals surface area contributed by atoms with Crippen LogP contribution in [-0.4, -0.2) is 21.2 Å². The molecule has 1 aromatic carbocycles. The van der Waals surface area contributed by atoms with E-state index in [1.807, 2.05) is 0 Å². The van der Waals surface area contributed by atoms with Crippen molar-refractivity contribution in [2.75, 3.05) is 0 Å². The van der Waals surface area contributed by atoms with Crippen molar-refractivity contribution >= 4 is 33.6 Å². The lowest BCUT2D eigenvalue weighted by molar-refractivity contribution is 0.0693. The number of carbonyl (C=O) groups is 1. The van der Waals surface area contributed by atoms with Crippen LogP contribution in [0.15, 0.2) is 41.9 Å². The predicted octanol–water partition coefficient (Wildman–Crippen LogP) is 4.38. The molecule has 0 saturated heterocycles. The minimum absolute atomic E-state index is 0.164. The summed E-state index contributed by atoms with van der Waals surface area (Å²) in [6.07, 6.45) is 3.33. The Kier molecular flexibility index (Phi) is 5.51. The van der Waals surface area contributed by atoms with Gasteiger partial charge in [0.15, 0.2) is 0 Å². The Morgan fingerprint density at radius 3 is 2.82 bits per heavy atom. The molecule has 22 heavy (non-hydrogen) atoms. The van der Waals surface area contributed by atoms with E-state index in [1.165, 1.54) is 21.6 Å². The quantitative estimate of drug-likeness (QED) is 0.765. The van der Waals surface area contributed by atoms with Gasteiger partial charge in [0.1, 0.15) is 5.75 Å². The van der Waals surface area contributed by atoms with E-state index < -0.39 is 5.97 Å². The van der Waals surface area contributed by atoms with Crippen LogP contribution in [-0.2, 0) is 5.75 Å². The average molecular weight is 333 g/mol. The molecular formula is C16H15NO3S2. The minimum atomic E-state index is -0.946. The highest BCUT2D eigenvalue weighted by Gasteiger charge is 2.13. The predicted molar refractivity (Wildman–Crippen MR) is 91.3 cm³/mol. The molecule has 0 spiro atoms. The zero-order chi connectivity index (χ0) is 16.1. The molecule has 0 amide bonds. The van der Waals surface area contributed by atoms with Crippen molar-refractivity contribution < 1.29 is 15.0 Å². The summed E-state index contributed by atoms with van der Waals surface area (Å²) in [7, 11) is 2.84. The second kappa shape index (κ2) is 7.38. The maximum atomic E-state index is 11.2. The molecule has 0 aliphatic heterocycles. The standard InChI is InChI=1S/C16H15NO3S2/c1-3-11-8-17-10(2)15(18)13(11)9-21-22-14-7-5-4-6-12(14)16(19)20/h3-8,18H,1,9H2,2H3,(H,19,20). The number of aromatic carboxylic acids is 1. The number of aryl methyl sites for hydroxylation is 1. The van der Waals surface area contributed by atoms with Gasteiger partial charge in [0.05, 0.1) is 11.3 Å². The first-order valence-corrected chi connectivity index (χ1v) is 8.78. The Bertz CT molecular complexity index is 717. The Morgan fingerprint density at radius 2 is 2.14 bits per heavy atom. The summed E-state index contributed by atoms with van der Waals surface area (Å²) >= 11 is 0. The van der Waals surface area contributed by atoms with Gasteiger partial charge in [0.25, 0.3) is 0 Å². The topological polar surface area (TPSA) is 70.4 Å². The molecule has 6 heteroatoms. The van der Waals surface area contributed by atoms with Gasteiger partial charge in [-0.1, -0.05) is 46.4 Å². The van der Waals surface area contributed by atoms with Crippen LogP contribution in [0.4, 0.5) is 0 Å². The normalized spacial score (nSPS) is 10.4. The summed E-state index contributed by atoms with van der Waals surface area (Å²) in [5.41, 5.74) is 2.38. The average Bonchev–Trinajstić information content (AvgIpc) is 2.52. The van der Waals surface area contributed by atoms with E-state index in [4.69, 9.17) is 5.11 Å². The fraction of sp³-hybridized carbons (Fsp3) is 0.125. The van der Waals surface area contributed by atoms with Gasteiger partial charge in [-0.3, -0.25) is 4.98 Å². The van der Waals surface area contributed by atoms with Crippen LogP contribution in [0.25, 0.3) is 6.08 Å². The number of hydrogen-bond donors (Lipinski definition) is 2. The van der Waals surface area contributed by atoms with Gasteiger partial charge in [-0.2, -0.15) is 0 Å². The van der Waals surface area contributed by atoms with E-state index in [-0.39, 0.29) is 11.3 Å². The van der Waals surface area contributed by atoms with Crippen LogP contribution in [0.2, 0.25) is 0 Å². The first-order valence-electron chi connectivity index (χ1n) is 6.46. The van der Waals surface area contributed by atoms with Crippen molar-refractivity contribution in [3.05, 3.63) is 59.4 Å².